The van der Waals surface area contributed by atoms with E-state index >= 15 is 0 Å². The lowest BCUT2D eigenvalue weighted by Gasteiger charge is -2.25. The van der Waals surface area contributed by atoms with Crippen LogP contribution in [0.1, 0.15) is 30.4 Å². The zero-order valence-corrected chi connectivity index (χ0v) is 19.9. The molecule has 1 fully saturated rings. The zero-order valence-electron chi connectivity index (χ0n) is 17.6. The number of aromatic nitrogens is 1. The molecule has 1 aromatic heterocycles. The largest absolute Gasteiger partial charge is 0.361 e. The molecule has 0 saturated carbocycles. The molecule has 0 bridgehead atoms. The van der Waals surface area contributed by atoms with E-state index in [4.69, 9.17) is 23.8 Å². The summed E-state index contributed by atoms with van der Waals surface area (Å²) in [5.41, 5.74) is 6.08. The number of thiocarbonyl (C=S) groups is 1. The third kappa shape index (κ3) is 4.96. The Morgan fingerprint density at radius 2 is 1.97 bits per heavy atom. The van der Waals surface area contributed by atoms with Gasteiger partial charge in [-0.05, 0) is 67.9 Å². The highest BCUT2D eigenvalue weighted by atomic mass is 35.5. The van der Waals surface area contributed by atoms with Crippen LogP contribution in [0.2, 0.25) is 5.02 Å². The SMILES string of the molecule is Cc1ccc(NC(=S)N/N=C\c2c[nH]c3ccc(S(=O)(=O)N4CCCCC4)cc23)c(Cl)c1. The number of hydrogen-bond donors (Lipinski definition) is 3. The van der Waals surface area contributed by atoms with Gasteiger partial charge in [0.25, 0.3) is 0 Å². The molecule has 7 nitrogen and oxygen atoms in total. The summed E-state index contributed by atoms with van der Waals surface area (Å²) in [5.74, 6) is 0. The van der Waals surface area contributed by atoms with Crippen molar-refractivity contribution in [2.45, 2.75) is 31.1 Å². The van der Waals surface area contributed by atoms with Crippen LogP contribution in [0.4, 0.5) is 5.69 Å². The normalized spacial score (nSPS) is 15.3. The summed E-state index contributed by atoms with van der Waals surface area (Å²) >= 11 is 11.5. The van der Waals surface area contributed by atoms with Crippen LogP contribution in [0.25, 0.3) is 10.9 Å². The maximum Gasteiger partial charge on any atom is 0.243 e. The minimum Gasteiger partial charge on any atom is -0.361 e. The summed E-state index contributed by atoms with van der Waals surface area (Å²) in [6, 6.07) is 10.7. The fourth-order valence-corrected chi connectivity index (χ4v) is 5.66. The van der Waals surface area contributed by atoms with Crippen molar-refractivity contribution in [3.63, 3.8) is 0 Å². The van der Waals surface area contributed by atoms with E-state index in [1.807, 2.05) is 25.1 Å². The first kappa shape index (κ1) is 22.7. The molecule has 0 spiro atoms. The van der Waals surface area contributed by atoms with Crippen LogP contribution in [-0.2, 0) is 10.0 Å². The van der Waals surface area contributed by atoms with Gasteiger partial charge in [-0.2, -0.15) is 9.41 Å². The third-order valence-corrected chi connectivity index (χ3v) is 7.78. The molecule has 1 aliphatic heterocycles. The number of hydrogen-bond acceptors (Lipinski definition) is 4. The van der Waals surface area contributed by atoms with Gasteiger partial charge in [-0.25, -0.2) is 8.42 Å². The van der Waals surface area contributed by atoms with Crippen molar-refractivity contribution in [1.82, 2.24) is 14.7 Å². The quantitative estimate of drug-likeness (QED) is 0.276. The topological polar surface area (TPSA) is 89.6 Å². The molecule has 0 amide bonds. The van der Waals surface area contributed by atoms with Crippen LogP contribution in [0, 0.1) is 6.92 Å². The summed E-state index contributed by atoms with van der Waals surface area (Å²) in [7, 11) is -3.51. The number of rotatable bonds is 5. The van der Waals surface area contributed by atoms with Gasteiger partial charge >= 0.3 is 0 Å². The average Bonchev–Trinajstić information content (AvgIpc) is 3.19. The van der Waals surface area contributed by atoms with Crippen molar-refractivity contribution in [3.8, 4) is 0 Å². The van der Waals surface area contributed by atoms with Crippen molar-refractivity contribution < 1.29 is 8.42 Å². The minimum atomic E-state index is -3.51. The fraction of sp³-hybridized carbons (Fsp3) is 0.273. The molecule has 1 saturated heterocycles. The van der Waals surface area contributed by atoms with E-state index in [0.29, 0.717) is 33.8 Å². The number of aromatic amines is 1. The maximum atomic E-state index is 13.0. The molecule has 32 heavy (non-hydrogen) atoms. The number of anilines is 1. The molecule has 3 N–H and O–H groups in total. The van der Waals surface area contributed by atoms with E-state index < -0.39 is 10.0 Å². The molecule has 2 heterocycles. The summed E-state index contributed by atoms with van der Waals surface area (Å²) in [5, 5.41) is 8.82. The smallest absolute Gasteiger partial charge is 0.243 e. The lowest BCUT2D eigenvalue weighted by Crippen LogP contribution is -2.35. The second-order valence-corrected chi connectivity index (χ2v) is 10.5. The Bertz CT molecular complexity index is 1280. The predicted molar refractivity (Wildman–Crippen MR) is 134 cm³/mol. The minimum absolute atomic E-state index is 0.292. The number of H-pyrrole nitrogens is 1. The Kier molecular flexibility index (Phi) is 6.80. The van der Waals surface area contributed by atoms with Gasteiger partial charge < -0.3 is 10.3 Å². The second kappa shape index (κ2) is 9.58. The van der Waals surface area contributed by atoms with Gasteiger partial charge in [0, 0.05) is 35.8 Å². The third-order valence-electron chi connectivity index (χ3n) is 5.38. The van der Waals surface area contributed by atoms with E-state index in [0.717, 1.165) is 41.3 Å². The number of halogens is 1. The lowest BCUT2D eigenvalue weighted by atomic mass is 10.2. The Hall–Kier alpha value is -2.46. The van der Waals surface area contributed by atoms with Gasteiger partial charge in [-0.1, -0.05) is 24.1 Å². The van der Waals surface area contributed by atoms with Gasteiger partial charge in [0.2, 0.25) is 10.0 Å². The number of hydrazone groups is 1. The van der Waals surface area contributed by atoms with Crippen LogP contribution < -0.4 is 10.7 Å². The van der Waals surface area contributed by atoms with Gasteiger partial charge in [-0.15, -0.1) is 0 Å². The van der Waals surface area contributed by atoms with Crippen molar-refractivity contribution in [1.29, 1.82) is 0 Å². The monoisotopic (exact) mass is 489 g/mol. The summed E-state index contributed by atoms with van der Waals surface area (Å²) in [4.78, 5) is 3.44. The first-order chi connectivity index (χ1) is 15.3. The van der Waals surface area contributed by atoms with Crippen LogP contribution in [0.5, 0.6) is 0 Å². The molecule has 168 valence electrons. The van der Waals surface area contributed by atoms with E-state index in [2.05, 4.69) is 20.8 Å². The highest BCUT2D eigenvalue weighted by Gasteiger charge is 2.26. The molecule has 2 aromatic carbocycles. The molecule has 0 atom stereocenters. The zero-order chi connectivity index (χ0) is 22.7. The Morgan fingerprint density at radius 3 is 2.72 bits per heavy atom. The van der Waals surface area contributed by atoms with E-state index in [1.54, 1.807) is 34.9 Å². The highest BCUT2D eigenvalue weighted by molar-refractivity contribution is 7.89. The lowest BCUT2D eigenvalue weighted by molar-refractivity contribution is 0.346. The highest BCUT2D eigenvalue weighted by Crippen LogP contribution is 2.26. The van der Waals surface area contributed by atoms with Crippen molar-refractivity contribution in [2.75, 3.05) is 18.4 Å². The number of benzene rings is 2. The van der Waals surface area contributed by atoms with Gasteiger partial charge in [0.15, 0.2) is 5.11 Å². The maximum absolute atomic E-state index is 13.0. The molecule has 1 aliphatic rings. The van der Waals surface area contributed by atoms with Crippen LogP contribution in [-0.4, -0.2) is 42.1 Å². The first-order valence-electron chi connectivity index (χ1n) is 10.3. The second-order valence-electron chi connectivity index (χ2n) is 7.72. The predicted octanol–water partition coefficient (Wildman–Crippen LogP) is 4.62. The van der Waals surface area contributed by atoms with Crippen LogP contribution in [0.3, 0.4) is 0 Å². The number of sulfonamides is 1. The van der Waals surface area contributed by atoms with Crippen LogP contribution in [0.15, 0.2) is 52.6 Å². The summed E-state index contributed by atoms with van der Waals surface area (Å²) < 4.78 is 27.6. The van der Waals surface area contributed by atoms with Gasteiger partial charge in [-0.3, -0.25) is 5.43 Å². The van der Waals surface area contributed by atoms with Crippen molar-refractivity contribution >= 4 is 61.8 Å². The standard InChI is InChI=1S/C22H24ClN5O2S2/c1-15-5-7-21(19(23)11-15)26-22(31)27-25-14-16-13-24-20-8-6-17(12-18(16)20)32(29,30)28-9-3-2-4-10-28/h5-8,11-14,24H,2-4,9-10H2,1H3,(H2,26,27,31)/b25-14-. The molecule has 0 aliphatic carbocycles. The molecular weight excluding hydrogens is 466 g/mol. The Morgan fingerprint density at radius 1 is 1.19 bits per heavy atom. The number of piperidine rings is 1. The fourth-order valence-electron chi connectivity index (χ4n) is 3.68. The van der Waals surface area contributed by atoms with E-state index in [9.17, 15) is 8.42 Å². The van der Waals surface area contributed by atoms with E-state index in [-0.39, 0.29) is 0 Å². The van der Waals surface area contributed by atoms with Crippen molar-refractivity contribution in [2.24, 2.45) is 5.10 Å². The number of nitrogens with zero attached hydrogens (tertiary/aromatic N) is 2. The molecule has 0 radical (unpaired) electrons. The molecule has 3 aromatic rings. The average molecular weight is 490 g/mol. The molecule has 10 heteroatoms. The Balaban J connectivity index is 1.49. The molecule has 0 unspecified atom stereocenters. The summed E-state index contributed by atoms with van der Waals surface area (Å²) in [6.07, 6.45) is 6.25. The summed E-state index contributed by atoms with van der Waals surface area (Å²) in [6.45, 7) is 3.10. The van der Waals surface area contributed by atoms with Crippen molar-refractivity contribution in [3.05, 3.63) is 58.7 Å². The van der Waals surface area contributed by atoms with Gasteiger partial charge in [0.05, 0.1) is 21.8 Å². The van der Waals surface area contributed by atoms with Gasteiger partial charge in [0.1, 0.15) is 0 Å². The molecule has 4 rings (SSSR count). The van der Waals surface area contributed by atoms with Crippen LogP contribution >= 0.6 is 23.8 Å². The first-order valence-corrected chi connectivity index (χ1v) is 12.5. The molecular formula is C22H24ClN5O2S2. The Labute approximate surface area is 197 Å². The van der Waals surface area contributed by atoms with E-state index in [1.165, 1.54) is 0 Å². The number of aryl methyl sites for hydroxylation is 1. The number of nitrogens with one attached hydrogen (secondary N) is 3. The number of fused-ring (bicyclic) bond motifs is 1.